The molecular formula is C19H24F3N3O2. The van der Waals surface area contributed by atoms with Crippen LogP contribution in [0.1, 0.15) is 37.7 Å². The molecule has 27 heavy (non-hydrogen) atoms. The molecular weight excluding hydrogens is 359 g/mol. The second-order valence-corrected chi connectivity index (χ2v) is 7.31. The van der Waals surface area contributed by atoms with Gasteiger partial charge in [0.2, 0.25) is 11.8 Å². The number of benzene rings is 1. The Hall–Kier alpha value is -2.09. The third-order valence-electron chi connectivity index (χ3n) is 5.25. The van der Waals surface area contributed by atoms with Crippen LogP contribution in [-0.2, 0) is 15.8 Å². The normalized spacial score (nSPS) is 19.4. The van der Waals surface area contributed by atoms with Crippen LogP contribution in [0.2, 0.25) is 0 Å². The molecule has 8 heteroatoms. The molecule has 1 aromatic carbocycles. The standard InChI is InChI=1S/C19H24F3N3O2/c20-19(21,22)14-5-2-6-16(11-14)23-17(26)12-25-9-7-15(8-10-25)24-18(27)13-3-1-4-13/h2,5-6,11,13,15H,1,3-4,7-10,12H2,(H,23,26)(H,24,27). The molecule has 2 N–H and O–H groups in total. The van der Waals surface area contributed by atoms with Crippen molar-refractivity contribution in [2.24, 2.45) is 5.92 Å². The molecule has 2 fully saturated rings. The number of hydrogen-bond donors (Lipinski definition) is 2. The molecule has 1 aliphatic heterocycles. The van der Waals surface area contributed by atoms with Gasteiger partial charge < -0.3 is 10.6 Å². The van der Waals surface area contributed by atoms with Gasteiger partial charge in [0.25, 0.3) is 0 Å². The van der Waals surface area contributed by atoms with Crippen molar-refractivity contribution in [2.45, 2.75) is 44.3 Å². The number of piperidine rings is 1. The van der Waals surface area contributed by atoms with Gasteiger partial charge in [-0.1, -0.05) is 12.5 Å². The Morgan fingerprint density at radius 1 is 1.11 bits per heavy atom. The second kappa shape index (κ2) is 8.29. The van der Waals surface area contributed by atoms with Crippen molar-refractivity contribution in [3.63, 3.8) is 0 Å². The van der Waals surface area contributed by atoms with E-state index >= 15 is 0 Å². The van der Waals surface area contributed by atoms with Crippen LogP contribution >= 0.6 is 0 Å². The molecule has 1 saturated carbocycles. The van der Waals surface area contributed by atoms with Gasteiger partial charge in [-0.3, -0.25) is 14.5 Å². The SMILES string of the molecule is O=C(CN1CCC(NC(=O)C2CCC2)CC1)Nc1cccc(C(F)(F)F)c1. The summed E-state index contributed by atoms with van der Waals surface area (Å²) in [5, 5.41) is 5.61. The van der Waals surface area contributed by atoms with Crippen molar-refractivity contribution in [3.8, 4) is 0 Å². The third-order valence-corrected chi connectivity index (χ3v) is 5.25. The van der Waals surface area contributed by atoms with Crippen molar-refractivity contribution in [2.75, 3.05) is 25.0 Å². The molecule has 1 aliphatic carbocycles. The van der Waals surface area contributed by atoms with E-state index in [1.165, 1.54) is 12.1 Å². The molecule has 1 saturated heterocycles. The summed E-state index contributed by atoms with van der Waals surface area (Å²) in [5.41, 5.74) is -0.652. The highest BCUT2D eigenvalue weighted by molar-refractivity contribution is 5.92. The van der Waals surface area contributed by atoms with Gasteiger partial charge in [0.1, 0.15) is 0 Å². The summed E-state index contributed by atoms with van der Waals surface area (Å²) in [6.45, 7) is 1.47. The number of likely N-dealkylation sites (tertiary alicyclic amines) is 1. The van der Waals surface area contributed by atoms with Gasteiger partial charge in [-0.25, -0.2) is 0 Å². The van der Waals surface area contributed by atoms with E-state index in [2.05, 4.69) is 10.6 Å². The van der Waals surface area contributed by atoms with Crippen LogP contribution in [0.4, 0.5) is 18.9 Å². The topological polar surface area (TPSA) is 61.4 Å². The molecule has 0 unspecified atom stereocenters. The van der Waals surface area contributed by atoms with Crippen LogP contribution in [0.15, 0.2) is 24.3 Å². The Kier molecular flexibility index (Phi) is 6.04. The van der Waals surface area contributed by atoms with Crippen LogP contribution in [0.5, 0.6) is 0 Å². The first-order valence-corrected chi connectivity index (χ1v) is 9.31. The lowest BCUT2D eigenvalue weighted by Crippen LogP contribution is -2.48. The minimum absolute atomic E-state index is 0.125. The van der Waals surface area contributed by atoms with Crippen molar-refractivity contribution in [1.29, 1.82) is 0 Å². The maximum atomic E-state index is 12.7. The smallest absolute Gasteiger partial charge is 0.353 e. The average Bonchev–Trinajstić information content (AvgIpc) is 2.54. The Labute approximate surface area is 156 Å². The van der Waals surface area contributed by atoms with Gasteiger partial charge in [-0.2, -0.15) is 13.2 Å². The largest absolute Gasteiger partial charge is 0.416 e. The molecule has 1 aromatic rings. The number of alkyl halides is 3. The average molecular weight is 383 g/mol. The summed E-state index contributed by atoms with van der Waals surface area (Å²) in [4.78, 5) is 26.1. The lowest BCUT2D eigenvalue weighted by Gasteiger charge is -2.33. The lowest BCUT2D eigenvalue weighted by molar-refractivity contribution is -0.137. The van der Waals surface area contributed by atoms with Crippen molar-refractivity contribution >= 4 is 17.5 Å². The molecule has 2 amide bonds. The number of rotatable bonds is 5. The Morgan fingerprint density at radius 2 is 1.81 bits per heavy atom. The minimum Gasteiger partial charge on any atom is -0.353 e. The molecule has 0 bridgehead atoms. The number of halogens is 3. The van der Waals surface area contributed by atoms with Crippen LogP contribution in [-0.4, -0.2) is 42.4 Å². The quantitative estimate of drug-likeness (QED) is 0.822. The molecule has 1 heterocycles. The molecule has 5 nitrogen and oxygen atoms in total. The van der Waals surface area contributed by atoms with Crippen LogP contribution in [0, 0.1) is 5.92 Å². The van der Waals surface area contributed by atoms with Crippen molar-refractivity contribution in [3.05, 3.63) is 29.8 Å². The summed E-state index contributed by atoms with van der Waals surface area (Å²) in [6, 6.07) is 4.75. The number of carbonyl (C=O) groups excluding carboxylic acids is 2. The van der Waals surface area contributed by atoms with E-state index < -0.39 is 11.7 Å². The summed E-state index contributed by atoms with van der Waals surface area (Å²) in [7, 11) is 0. The van der Waals surface area contributed by atoms with E-state index in [-0.39, 0.29) is 36.0 Å². The van der Waals surface area contributed by atoms with E-state index in [9.17, 15) is 22.8 Å². The zero-order valence-electron chi connectivity index (χ0n) is 15.0. The van der Waals surface area contributed by atoms with E-state index in [1.807, 2.05) is 4.90 Å². The number of carbonyl (C=O) groups is 2. The first-order chi connectivity index (χ1) is 12.8. The maximum absolute atomic E-state index is 12.7. The van der Waals surface area contributed by atoms with Crippen LogP contribution < -0.4 is 10.6 Å². The Balaban J connectivity index is 1.42. The zero-order chi connectivity index (χ0) is 19.4. The maximum Gasteiger partial charge on any atom is 0.416 e. The van der Waals surface area contributed by atoms with Crippen LogP contribution in [0.25, 0.3) is 0 Å². The van der Waals surface area contributed by atoms with Gasteiger partial charge in [0, 0.05) is 30.7 Å². The van der Waals surface area contributed by atoms with Gasteiger partial charge in [-0.05, 0) is 43.9 Å². The molecule has 148 valence electrons. The highest BCUT2D eigenvalue weighted by Gasteiger charge is 2.31. The molecule has 0 atom stereocenters. The number of hydrogen-bond acceptors (Lipinski definition) is 3. The first kappa shape index (κ1) is 19.7. The molecule has 2 aliphatic rings. The zero-order valence-corrected chi connectivity index (χ0v) is 15.0. The fourth-order valence-electron chi connectivity index (χ4n) is 3.40. The van der Waals surface area contributed by atoms with Gasteiger partial charge in [-0.15, -0.1) is 0 Å². The predicted molar refractivity (Wildman–Crippen MR) is 95.0 cm³/mol. The van der Waals surface area contributed by atoms with Gasteiger partial charge in [0.05, 0.1) is 12.1 Å². The van der Waals surface area contributed by atoms with Crippen molar-refractivity contribution in [1.82, 2.24) is 10.2 Å². The highest BCUT2D eigenvalue weighted by Crippen LogP contribution is 2.30. The van der Waals surface area contributed by atoms with E-state index in [1.54, 1.807) is 0 Å². The minimum atomic E-state index is -4.44. The van der Waals surface area contributed by atoms with E-state index in [0.717, 1.165) is 44.2 Å². The van der Waals surface area contributed by atoms with Crippen LogP contribution in [0.3, 0.4) is 0 Å². The summed E-state index contributed by atoms with van der Waals surface area (Å²) < 4.78 is 38.2. The van der Waals surface area contributed by atoms with E-state index in [0.29, 0.717) is 13.1 Å². The Morgan fingerprint density at radius 3 is 2.41 bits per heavy atom. The predicted octanol–water partition coefficient (Wildman–Crippen LogP) is 3.02. The molecule has 0 spiro atoms. The van der Waals surface area contributed by atoms with Gasteiger partial charge in [0.15, 0.2) is 0 Å². The summed E-state index contributed by atoms with van der Waals surface area (Å²) >= 11 is 0. The molecule has 0 aromatic heterocycles. The number of nitrogens with one attached hydrogen (secondary N) is 2. The highest BCUT2D eigenvalue weighted by atomic mass is 19.4. The fourth-order valence-corrected chi connectivity index (χ4v) is 3.40. The van der Waals surface area contributed by atoms with E-state index in [4.69, 9.17) is 0 Å². The molecule has 3 rings (SSSR count). The molecule has 0 radical (unpaired) electrons. The third kappa shape index (κ3) is 5.45. The lowest BCUT2D eigenvalue weighted by atomic mass is 9.84. The fraction of sp³-hybridized carbons (Fsp3) is 0.579. The monoisotopic (exact) mass is 383 g/mol. The summed E-state index contributed by atoms with van der Waals surface area (Å²) in [6.07, 6.45) is 0.176. The number of amides is 2. The Bertz CT molecular complexity index is 681. The van der Waals surface area contributed by atoms with Gasteiger partial charge >= 0.3 is 6.18 Å². The second-order valence-electron chi connectivity index (χ2n) is 7.31. The number of anilines is 1. The van der Waals surface area contributed by atoms with Crippen molar-refractivity contribution < 1.29 is 22.8 Å². The first-order valence-electron chi connectivity index (χ1n) is 9.31. The number of nitrogens with zero attached hydrogens (tertiary/aromatic N) is 1. The summed E-state index contributed by atoms with van der Waals surface area (Å²) in [5.74, 6) is -0.0328.